The van der Waals surface area contributed by atoms with Crippen molar-refractivity contribution in [2.45, 2.75) is 38.5 Å². The molecule has 1 amide bonds. The van der Waals surface area contributed by atoms with E-state index in [1.54, 1.807) is 0 Å². The molecular formula is C26H28N2O. The van der Waals surface area contributed by atoms with Gasteiger partial charge in [0.2, 0.25) is 5.91 Å². The normalized spacial score (nSPS) is 16.6. The maximum Gasteiger partial charge on any atom is 0.227 e. The number of carbonyl (C=O) groups is 1. The average molecular weight is 385 g/mol. The number of carbonyl (C=O) groups excluding carboxylic acids is 1. The predicted octanol–water partition coefficient (Wildman–Crippen LogP) is 4.93. The van der Waals surface area contributed by atoms with Gasteiger partial charge < -0.3 is 4.90 Å². The van der Waals surface area contributed by atoms with Gasteiger partial charge in [0.05, 0.1) is 6.42 Å². The fourth-order valence-corrected chi connectivity index (χ4v) is 4.24. The first-order chi connectivity index (χ1) is 14.2. The Morgan fingerprint density at radius 2 is 1.66 bits per heavy atom. The highest BCUT2D eigenvalue weighted by molar-refractivity contribution is 5.79. The summed E-state index contributed by atoms with van der Waals surface area (Å²) < 4.78 is 0. The fraction of sp³-hybridized carbons (Fsp3) is 0.308. The zero-order chi connectivity index (χ0) is 20.1. The summed E-state index contributed by atoms with van der Waals surface area (Å²) in [6, 6.07) is 25.0. The minimum absolute atomic E-state index is 0.220. The standard InChI is InChI=1S/C26H28N2O/c1-20-15-23(16-21-9-4-2-5-10-21)17-25(27-20)24-13-8-14-28(19-24)26(29)18-22-11-6-3-7-12-22/h2-7,9-12,15,17,24H,8,13-14,16,18-19H2,1H3. The summed E-state index contributed by atoms with van der Waals surface area (Å²) in [4.78, 5) is 19.7. The van der Waals surface area contributed by atoms with Gasteiger partial charge in [0.25, 0.3) is 0 Å². The average Bonchev–Trinajstić information content (AvgIpc) is 2.75. The maximum absolute atomic E-state index is 12.8. The van der Waals surface area contributed by atoms with Gasteiger partial charge in [-0.15, -0.1) is 0 Å². The lowest BCUT2D eigenvalue weighted by Crippen LogP contribution is -2.40. The molecule has 0 bridgehead atoms. The Bertz CT molecular complexity index is 953. The van der Waals surface area contributed by atoms with Crippen LogP contribution in [0.4, 0.5) is 0 Å². The number of nitrogens with zero attached hydrogens (tertiary/aromatic N) is 2. The molecule has 3 nitrogen and oxygen atoms in total. The summed E-state index contributed by atoms with van der Waals surface area (Å²) in [6.45, 7) is 3.69. The highest BCUT2D eigenvalue weighted by atomic mass is 16.2. The van der Waals surface area contributed by atoms with E-state index in [1.807, 2.05) is 35.2 Å². The Balaban J connectivity index is 1.47. The molecule has 0 aliphatic carbocycles. The summed E-state index contributed by atoms with van der Waals surface area (Å²) in [5.41, 5.74) is 5.88. The summed E-state index contributed by atoms with van der Waals surface area (Å²) in [5, 5.41) is 0. The number of aromatic nitrogens is 1. The summed E-state index contributed by atoms with van der Waals surface area (Å²) in [7, 11) is 0. The van der Waals surface area contributed by atoms with Crippen LogP contribution in [0.3, 0.4) is 0 Å². The number of rotatable bonds is 5. The minimum atomic E-state index is 0.220. The second-order valence-electron chi connectivity index (χ2n) is 8.05. The lowest BCUT2D eigenvalue weighted by molar-refractivity contribution is -0.131. The van der Waals surface area contributed by atoms with Crippen LogP contribution in [0.25, 0.3) is 0 Å². The number of benzene rings is 2. The molecule has 0 radical (unpaired) electrons. The van der Waals surface area contributed by atoms with Gasteiger partial charge in [-0.3, -0.25) is 9.78 Å². The largest absolute Gasteiger partial charge is 0.342 e. The molecule has 2 heterocycles. The van der Waals surface area contributed by atoms with E-state index in [9.17, 15) is 4.79 Å². The number of likely N-dealkylation sites (tertiary alicyclic amines) is 1. The van der Waals surface area contributed by atoms with Gasteiger partial charge in [0, 0.05) is 30.4 Å². The lowest BCUT2D eigenvalue weighted by atomic mass is 9.92. The molecule has 1 aliphatic heterocycles. The molecule has 0 saturated carbocycles. The molecule has 1 atom stereocenters. The van der Waals surface area contributed by atoms with Gasteiger partial charge in [-0.25, -0.2) is 0 Å². The highest BCUT2D eigenvalue weighted by Gasteiger charge is 2.26. The lowest BCUT2D eigenvalue weighted by Gasteiger charge is -2.33. The Morgan fingerprint density at radius 1 is 0.966 bits per heavy atom. The molecule has 4 rings (SSSR count). The van der Waals surface area contributed by atoms with Crippen molar-refractivity contribution in [3.63, 3.8) is 0 Å². The van der Waals surface area contributed by atoms with Crippen molar-refractivity contribution in [2.24, 2.45) is 0 Å². The Hall–Kier alpha value is -2.94. The zero-order valence-corrected chi connectivity index (χ0v) is 17.1. The summed E-state index contributed by atoms with van der Waals surface area (Å²) >= 11 is 0. The number of hydrogen-bond donors (Lipinski definition) is 0. The van der Waals surface area contributed by atoms with Crippen molar-refractivity contribution < 1.29 is 4.79 Å². The van der Waals surface area contributed by atoms with Crippen molar-refractivity contribution in [3.8, 4) is 0 Å². The van der Waals surface area contributed by atoms with Crippen molar-refractivity contribution >= 4 is 5.91 Å². The van der Waals surface area contributed by atoms with E-state index in [2.05, 4.69) is 49.4 Å². The van der Waals surface area contributed by atoms with E-state index in [0.29, 0.717) is 12.3 Å². The van der Waals surface area contributed by atoms with Gasteiger partial charge in [-0.05, 0) is 55.0 Å². The van der Waals surface area contributed by atoms with Crippen LogP contribution in [-0.4, -0.2) is 28.9 Å². The molecule has 0 N–H and O–H groups in total. The van der Waals surface area contributed by atoms with Gasteiger partial charge >= 0.3 is 0 Å². The third-order valence-corrected chi connectivity index (χ3v) is 5.67. The number of pyridine rings is 1. The summed E-state index contributed by atoms with van der Waals surface area (Å²) in [5.74, 6) is 0.538. The van der Waals surface area contributed by atoms with Crippen LogP contribution in [0.15, 0.2) is 72.8 Å². The van der Waals surface area contributed by atoms with Crippen molar-refractivity contribution in [2.75, 3.05) is 13.1 Å². The molecule has 1 unspecified atom stereocenters. The van der Waals surface area contributed by atoms with Crippen LogP contribution in [0.5, 0.6) is 0 Å². The topological polar surface area (TPSA) is 33.2 Å². The van der Waals surface area contributed by atoms with Crippen LogP contribution in [0.2, 0.25) is 0 Å². The molecule has 1 fully saturated rings. The first kappa shape index (κ1) is 19.4. The molecular weight excluding hydrogens is 356 g/mol. The molecule has 29 heavy (non-hydrogen) atoms. The Morgan fingerprint density at radius 3 is 2.38 bits per heavy atom. The molecule has 3 aromatic rings. The van der Waals surface area contributed by atoms with E-state index < -0.39 is 0 Å². The third kappa shape index (κ3) is 5.11. The molecule has 148 valence electrons. The van der Waals surface area contributed by atoms with Crippen molar-refractivity contribution in [1.29, 1.82) is 0 Å². The second kappa shape index (κ2) is 9.04. The van der Waals surface area contributed by atoms with Gasteiger partial charge in [0.15, 0.2) is 0 Å². The van der Waals surface area contributed by atoms with Crippen molar-refractivity contribution in [1.82, 2.24) is 9.88 Å². The van der Waals surface area contributed by atoms with Crippen LogP contribution in [0, 0.1) is 6.92 Å². The van der Waals surface area contributed by atoms with E-state index in [-0.39, 0.29) is 5.91 Å². The van der Waals surface area contributed by atoms with Crippen LogP contribution < -0.4 is 0 Å². The molecule has 1 saturated heterocycles. The van der Waals surface area contributed by atoms with Crippen LogP contribution in [-0.2, 0) is 17.6 Å². The van der Waals surface area contributed by atoms with E-state index in [4.69, 9.17) is 4.98 Å². The zero-order valence-electron chi connectivity index (χ0n) is 17.1. The predicted molar refractivity (Wildman–Crippen MR) is 117 cm³/mol. The first-order valence-electron chi connectivity index (χ1n) is 10.5. The maximum atomic E-state index is 12.8. The quantitative estimate of drug-likeness (QED) is 0.625. The second-order valence-corrected chi connectivity index (χ2v) is 8.05. The number of aryl methyl sites for hydroxylation is 1. The number of piperidine rings is 1. The van der Waals surface area contributed by atoms with E-state index in [1.165, 1.54) is 11.1 Å². The van der Waals surface area contributed by atoms with Crippen molar-refractivity contribution in [3.05, 3.63) is 101 Å². The van der Waals surface area contributed by atoms with Gasteiger partial charge in [0.1, 0.15) is 0 Å². The molecule has 1 aliphatic rings. The highest BCUT2D eigenvalue weighted by Crippen LogP contribution is 2.27. The van der Waals surface area contributed by atoms with Gasteiger partial charge in [-0.1, -0.05) is 60.7 Å². The van der Waals surface area contributed by atoms with Crippen LogP contribution in [0.1, 0.15) is 46.8 Å². The van der Waals surface area contributed by atoms with E-state index in [0.717, 1.165) is 49.3 Å². The smallest absolute Gasteiger partial charge is 0.227 e. The third-order valence-electron chi connectivity index (χ3n) is 5.67. The number of amides is 1. The van der Waals surface area contributed by atoms with Gasteiger partial charge in [-0.2, -0.15) is 0 Å². The first-order valence-corrected chi connectivity index (χ1v) is 10.5. The van der Waals surface area contributed by atoms with Crippen LogP contribution >= 0.6 is 0 Å². The Kier molecular flexibility index (Phi) is 6.04. The summed E-state index contributed by atoms with van der Waals surface area (Å²) in [6.07, 6.45) is 3.53. The molecule has 2 aromatic carbocycles. The Labute approximate surface area is 173 Å². The molecule has 3 heteroatoms. The number of hydrogen-bond acceptors (Lipinski definition) is 2. The molecule has 1 aromatic heterocycles. The van der Waals surface area contributed by atoms with E-state index >= 15 is 0 Å². The monoisotopic (exact) mass is 384 g/mol. The SMILES string of the molecule is Cc1cc(Cc2ccccc2)cc(C2CCCN(C(=O)Cc3ccccc3)C2)n1. The minimum Gasteiger partial charge on any atom is -0.342 e. The fourth-order valence-electron chi connectivity index (χ4n) is 4.24. The molecule has 0 spiro atoms.